The minimum absolute atomic E-state index is 0.00172. The molecule has 1 amide bonds. The van der Waals surface area contributed by atoms with E-state index in [1.165, 1.54) is 22.3 Å². The van der Waals surface area contributed by atoms with Crippen LogP contribution < -0.4 is 5.32 Å². The van der Waals surface area contributed by atoms with Gasteiger partial charge in [-0.05, 0) is 66.5 Å². The van der Waals surface area contributed by atoms with Crippen LogP contribution in [0.15, 0.2) is 78.3 Å². The lowest BCUT2D eigenvalue weighted by atomic mass is 9.76. The highest BCUT2D eigenvalue weighted by Crippen LogP contribution is 2.44. The summed E-state index contributed by atoms with van der Waals surface area (Å²) in [7, 11) is -0.614. The zero-order chi connectivity index (χ0) is 26.9. The van der Waals surface area contributed by atoms with Crippen molar-refractivity contribution in [1.29, 1.82) is 0 Å². The van der Waals surface area contributed by atoms with E-state index in [4.69, 9.17) is 25.6 Å². The van der Waals surface area contributed by atoms with E-state index in [2.05, 4.69) is 29.6 Å². The van der Waals surface area contributed by atoms with Gasteiger partial charge in [0.1, 0.15) is 6.61 Å². The molecule has 1 heterocycles. The fraction of sp³-hybridized carbons (Fsp3) is 0.323. The Labute approximate surface area is 230 Å². The number of alkyl carbamates (subject to hydrolysis) is 1. The molecule has 38 heavy (non-hydrogen) atoms. The highest BCUT2D eigenvalue weighted by Gasteiger charge is 2.52. The molecule has 0 aromatic heterocycles. The van der Waals surface area contributed by atoms with Crippen LogP contribution in [0.5, 0.6) is 0 Å². The van der Waals surface area contributed by atoms with Gasteiger partial charge in [0.25, 0.3) is 0 Å². The van der Waals surface area contributed by atoms with Crippen molar-refractivity contribution in [3.63, 3.8) is 0 Å². The molecule has 0 unspecified atom stereocenters. The lowest BCUT2D eigenvalue weighted by molar-refractivity contribution is 0.00578. The molecule has 1 aliphatic carbocycles. The van der Waals surface area contributed by atoms with Crippen LogP contribution in [0.25, 0.3) is 17.2 Å². The zero-order valence-electron chi connectivity index (χ0n) is 22.3. The number of carbonyl (C=O) groups excluding carboxylic acids is 1. The third-order valence-electron chi connectivity index (χ3n) is 7.88. The molecular weight excluding hydrogens is 497 g/mol. The van der Waals surface area contributed by atoms with Crippen LogP contribution in [-0.2, 0) is 19.9 Å². The molecule has 1 saturated heterocycles. The molecule has 0 saturated carbocycles. The number of nitrogens with one attached hydrogen (secondary N) is 1. The van der Waals surface area contributed by atoms with Crippen LogP contribution in [0.2, 0.25) is 0 Å². The molecule has 3 aromatic carbocycles. The number of hydrogen-bond acceptors (Lipinski definition) is 4. The molecule has 7 heteroatoms. The summed E-state index contributed by atoms with van der Waals surface area (Å²) in [5, 5.41) is 2.92. The van der Waals surface area contributed by atoms with Crippen molar-refractivity contribution in [1.82, 2.24) is 5.32 Å². The molecule has 0 radical (unpaired) electrons. The second-order valence-corrected chi connectivity index (χ2v) is 11.1. The second kappa shape index (κ2) is 10.6. The summed E-state index contributed by atoms with van der Waals surface area (Å²) in [5.74, 6) is 0.380. The van der Waals surface area contributed by atoms with Crippen LogP contribution >= 0.6 is 11.6 Å². The van der Waals surface area contributed by atoms with E-state index in [0.29, 0.717) is 5.88 Å². The van der Waals surface area contributed by atoms with Crippen molar-refractivity contribution in [2.45, 2.75) is 50.7 Å². The smallest absolute Gasteiger partial charge is 0.449 e. The van der Waals surface area contributed by atoms with Gasteiger partial charge in [-0.1, -0.05) is 78.9 Å². The maximum Gasteiger partial charge on any atom is 0.492 e. The summed E-state index contributed by atoms with van der Waals surface area (Å²) in [6.07, 6.45) is 1.50. The average molecular weight is 530 g/mol. The standard InChI is InChI=1S/C31H33BClNO4/c1-30(2)31(3,4)38-32(37-30)23(17-21-11-5-6-12-22(21)18-33)19-34-29(35)36-20-28-26-15-9-7-13-24(26)25-14-8-10-16-27(25)28/h5-17,28H,18-20H2,1-4H3,(H,34,35). The van der Waals surface area contributed by atoms with Gasteiger partial charge in [0, 0.05) is 18.3 Å². The maximum atomic E-state index is 12.9. The van der Waals surface area contributed by atoms with Crippen LogP contribution in [0.4, 0.5) is 4.79 Å². The van der Waals surface area contributed by atoms with E-state index in [0.717, 1.165) is 16.6 Å². The van der Waals surface area contributed by atoms with Crippen molar-refractivity contribution >= 4 is 30.9 Å². The quantitative estimate of drug-likeness (QED) is 0.265. The fourth-order valence-corrected chi connectivity index (χ4v) is 5.26. The minimum Gasteiger partial charge on any atom is -0.449 e. The molecule has 0 atom stereocenters. The SMILES string of the molecule is CC1(C)OB(C(=Cc2ccccc2CCl)CNC(=O)OCC2c3ccccc3-c3ccccc32)OC1(C)C. The number of alkyl halides is 1. The van der Waals surface area contributed by atoms with Gasteiger partial charge in [0.2, 0.25) is 0 Å². The first kappa shape index (κ1) is 26.5. The van der Waals surface area contributed by atoms with E-state index >= 15 is 0 Å². The van der Waals surface area contributed by atoms with Gasteiger partial charge in [-0.3, -0.25) is 0 Å². The van der Waals surface area contributed by atoms with E-state index in [1.807, 2.05) is 82.3 Å². The summed E-state index contributed by atoms with van der Waals surface area (Å²) in [4.78, 5) is 12.9. The number of benzene rings is 3. The highest BCUT2D eigenvalue weighted by molar-refractivity contribution is 6.56. The molecule has 1 N–H and O–H groups in total. The monoisotopic (exact) mass is 529 g/mol. The van der Waals surface area contributed by atoms with Gasteiger partial charge >= 0.3 is 13.2 Å². The first-order valence-electron chi connectivity index (χ1n) is 13.0. The van der Waals surface area contributed by atoms with Crippen molar-refractivity contribution in [2.24, 2.45) is 0 Å². The first-order valence-corrected chi connectivity index (χ1v) is 13.5. The zero-order valence-corrected chi connectivity index (χ0v) is 23.0. The molecule has 5 rings (SSSR count). The largest absolute Gasteiger partial charge is 0.492 e. The van der Waals surface area contributed by atoms with Gasteiger partial charge in [-0.2, -0.15) is 0 Å². The Morgan fingerprint density at radius 1 is 0.921 bits per heavy atom. The molecule has 0 bridgehead atoms. The molecule has 0 spiro atoms. The molecule has 1 aliphatic heterocycles. The number of carbonyl (C=O) groups is 1. The number of hydrogen-bond donors (Lipinski definition) is 1. The lowest BCUT2D eigenvalue weighted by Gasteiger charge is -2.32. The Morgan fingerprint density at radius 3 is 2.08 bits per heavy atom. The van der Waals surface area contributed by atoms with Crippen LogP contribution in [-0.4, -0.2) is 37.6 Å². The normalized spacial score (nSPS) is 17.7. The molecule has 5 nitrogen and oxygen atoms in total. The van der Waals surface area contributed by atoms with Crippen LogP contribution in [0.1, 0.15) is 55.9 Å². The molecule has 3 aromatic rings. The van der Waals surface area contributed by atoms with Crippen molar-refractivity contribution in [3.05, 3.63) is 101 Å². The summed E-state index contributed by atoms with van der Waals surface area (Å²) in [5.41, 5.74) is 6.47. The van der Waals surface area contributed by atoms with Crippen LogP contribution in [0, 0.1) is 0 Å². The Morgan fingerprint density at radius 2 is 1.47 bits per heavy atom. The molecule has 196 valence electrons. The van der Waals surface area contributed by atoms with E-state index in [1.54, 1.807) is 0 Å². The number of rotatable bonds is 7. The third kappa shape index (κ3) is 5.13. The predicted octanol–water partition coefficient (Wildman–Crippen LogP) is 6.98. The van der Waals surface area contributed by atoms with E-state index in [9.17, 15) is 4.79 Å². The van der Waals surface area contributed by atoms with Gasteiger partial charge in [-0.15, -0.1) is 11.6 Å². The Balaban J connectivity index is 1.31. The lowest BCUT2D eigenvalue weighted by Crippen LogP contribution is -2.41. The van der Waals surface area contributed by atoms with E-state index < -0.39 is 24.4 Å². The topological polar surface area (TPSA) is 56.8 Å². The Kier molecular flexibility index (Phi) is 7.41. The van der Waals surface area contributed by atoms with Crippen molar-refractivity contribution in [3.8, 4) is 11.1 Å². The van der Waals surface area contributed by atoms with Crippen LogP contribution in [0.3, 0.4) is 0 Å². The molecule has 2 aliphatic rings. The molecular formula is C31H33BClNO4. The van der Waals surface area contributed by atoms with E-state index in [-0.39, 0.29) is 19.1 Å². The average Bonchev–Trinajstić information content (AvgIpc) is 3.34. The number of halogens is 1. The summed E-state index contributed by atoms with van der Waals surface area (Å²) >= 11 is 6.19. The first-order chi connectivity index (χ1) is 18.2. The number of ether oxygens (including phenoxy) is 1. The predicted molar refractivity (Wildman–Crippen MR) is 153 cm³/mol. The Hall–Kier alpha value is -3.06. The highest BCUT2D eigenvalue weighted by atomic mass is 35.5. The van der Waals surface area contributed by atoms with Gasteiger partial charge in [0.05, 0.1) is 11.2 Å². The minimum atomic E-state index is -0.614. The number of fused-ring (bicyclic) bond motifs is 3. The van der Waals surface area contributed by atoms with Gasteiger partial charge < -0.3 is 19.4 Å². The summed E-state index contributed by atoms with van der Waals surface area (Å²) in [6, 6.07) is 24.5. The van der Waals surface area contributed by atoms with Gasteiger partial charge in [0.15, 0.2) is 0 Å². The summed E-state index contributed by atoms with van der Waals surface area (Å²) in [6.45, 7) is 8.51. The second-order valence-electron chi connectivity index (χ2n) is 10.8. The molecule has 1 fully saturated rings. The van der Waals surface area contributed by atoms with Crippen molar-refractivity contribution in [2.75, 3.05) is 13.2 Å². The fourth-order valence-electron chi connectivity index (χ4n) is 5.02. The summed E-state index contributed by atoms with van der Waals surface area (Å²) < 4.78 is 18.4. The van der Waals surface area contributed by atoms with Gasteiger partial charge in [-0.25, -0.2) is 4.79 Å². The van der Waals surface area contributed by atoms with Crippen molar-refractivity contribution < 1.29 is 18.8 Å². The Bertz CT molecular complexity index is 1310. The maximum absolute atomic E-state index is 12.9. The number of amides is 1. The third-order valence-corrected chi connectivity index (χ3v) is 8.16.